The third-order valence-electron chi connectivity index (χ3n) is 4.55. The maximum atomic E-state index is 12.8. The van der Waals surface area contributed by atoms with Crippen LogP contribution in [0.5, 0.6) is 11.5 Å². The van der Waals surface area contributed by atoms with E-state index in [1.165, 1.54) is 0 Å². The van der Waals surface area contributed by atoms with E-state index in [2.05, 4.69) is 17.2 Å². The number of halogens is 2. The van der Waals surface area contributed by atoms with Gasteiger partial charge in [-0.3, -0.25) is 9.78 Å². The van der Waals surface area contributed by atoms with Crippen LogP contribution in [0.15, 0.2) is 48.8 Å². The monoisotopic (exact) mass is 411 g/mol. The second-order valence-electron chi connectivity index (χ2n) is 6.36. The van der Waals surface area contributed by atoms with E-state index < -0.39 is 0 Å². The molecule has 148 valence electrons. The minimum Gasteiger partial charge on any atom is -0.457 e. The third kappa shape index (κ3) is 6.69. The van der Waals surface area contributed by atoms with E-state index in [9.17, 15) is 4.79 Å². The Morgan fingerprint density at radius 3 is 2.52 bits per heavy atom. The van der Waals surface area contributed by atoms with Gasteiger partial charge in [-0.1, -0.05) is 13.0 Å². The largest absolute Gasteiger partial charge is 0.457 e. The number of carbonyl (C=O) groups excluding carboxylic acids is 1. The molecule has 3 rings (SSSR count). The Bertz CT molecular complexity index is 693. The lowest BCUT2D eigenvalue weighted by Crippen LogP contribution is -2.40. The van der Waals surface area contributed by atoms with Crippen LogP contribution in [0, 0.1) is 5.92 Å². The molecule has 1 aromatic heterocycles. The molecular weight excluding hydrogens is 385 g/mol. The van der Waals surface area contributed by atoms with E-state index in [1.54, 1.807) is 24.5 Å². The Balaban J connectivity index is 0.00000182. The molecule has 1 amide bonds. The molecule has 5 nitrogen and oxygen atoms in total. The summed E-state index contributed by atoms with van der Waals surface area (Å²) < 4.78 is 5.80. The van der Waals surface area contributed by atoms with Crippen LogP contribution in [0.2, 0.25) is 0 Å². The first-order valence-corrected chi connectivity index (χ1v) is 8.94. The second-order valence-corrected chi connectivity index (χ2v) is 6.36. The summed E-state index contributed by atoms with van der Waals surface area (Å²) in [6.07, 6.45) is 5.49. The molecule has 1 saturated heterocycles. The summed E-state index contributed by atoms with van der Waals surface area (Å²) in [5.41, 5.74) is 0.677. The van der Waals surface area contributed by atoms with Crippen LogP contribution in [-0.2, 0) is 0 Å². The maximum Gasteiger partial charge on any atom is 0.253 e. The highest BCUT2D eigenvalue weighted by Gasteiger charge is 2.23. The molecule has 0 atom stereocenters. The number of ether oxygens (including phenoxy) is 1. The molecule has 1 aliphatic rings. The van der Waals surface area contributed by atoms with Gasteiger partial charge in [-0.15, -0.1) is 24.8 Å². The first-order chi connectivity index (χ1) is 12.3. The fraction of sp³-hybridized carbons (Fsp3) is 0.400. The van der Waals surface area contributed by atoms with E-state index in [0.29, 0.717) is 23.0 Å². The van der Waals surface area contributed by atoms with Gasteiger partial charge in [-0.2, -0.15) is 0 Å². The van der Waals surface area contributed by atoms with Gasteiger partial charge in [0.25, 0.3) is 5.91 Å². The normalized spacial score (nSPS) is 14.0. The summed E-state index contributed by atoms with van der Waals surface area (Å²) in [5.74, 6) is 2.13. The number of likely N-dealkylation sites (tertiary alicyclic amines) is 1. The minimum absolute atomic E-state index is 0. The van der Waals surface area contributed by atoms with Crippen LogP contribution in [0.4, 0.5) is 0 Å². The quantitative estimate of drug-likeness (QED) is 0.774. The van der Waals surface area contributed by atoms with E-state index >= 15 is 0 Å². The molecule has 1 N–H and O–H groups in total. The summed E-state index contributed by atoms with van der Waals surface area (Å²) >= 11 is 0. The van der Waals surface area contributed by atoms with Gasteiger partial charge in [0.05, 0.1) is 0 Å². The highest BCUT2D eigenvalue weighted by atomic mass is 35.5. The summed E-state index contributed by atoms with van der Waals surface area (Å²) in [7, 11) is 0. The third-order valence-corrected chi connectivity index (χ3v) is 4.55. The van der Waals surface area contributed by atoms with E-state index in [-0.39, 0.29) is 30.7 Å². The zero-order chi connectivity index (χ0) is 17.5. The Hall–Kier alpha value is -1.82. The number of pyridine rings is 1. The molecule has 0 unspecified atom stereocenters. The van der Waals surface area contributed by atoms with Crippen LogP contribution in [0.3, 0.4) is 0 Å². The maximum absolute atomic E-state index is 12.8. The van der Waals surface area contributed by atoms with Crippen molar-refractivity contribution >= 4 is 30.7 Å². The first-order valence-electron chi connectivity index (χ1n) is 8.94. The topological polar surface area (TPSA) is 54.5 Å². The first kappa shape index (κ1) is 23.2. The van der Waals surface area contributed by atoms with Crippen LogP contribution in [-0.4, -0.2) is 42.0 Å². The number of nitrogens with zero attached hydrogens (tertiary/aromatic N) is 2. The van der Waals surface area contributed by atoms with Gasteiger partial charge in [0.1, 0.15) is 11.5 Å². The van der Waals surface area contributed by atoms with Crippen molar-refractivity contribution in [3.8, 4) is 11.5 Å². The lowest BCUT2D eigenvalue weighted by Gasteiger charge is -2.32. The smallest absolute Gasteiger partial charge is 0.253 e. The molecule has 1 aromatic carbocycles. The average molecular weight is 412 g/mol. The van der Waals surface area contributed by atoms with Gasteiger partial charge in [0, 0.05) is 31.0 Å². The molecule has 0 bridgehead atoms. The van der Waals surface area contributed by atoms with Gasteiger partial charge in [-0.05, 0) is 62.2 Å². The van der Waals surface area contributed by atoms with Crippen LogP contribution >= 0.6 is 24.8 Å². The Morgan fingerprint density at radius 1 is 1.15 bits per heavy atom. The summed E-state index contributed by atoms with van der Waals surface area (Å²) in [4.78, 5) is 18.7. The van der Waals surface area contributed by atoms with Crippen LogP contribution < -0.4 is 10.1 Å². The molecule has 0 radical (unpaired) electrons. The SMILES string of the molecule is CCNCC1CCN(C(=O)c2cccc(Oc3ccncc3)c2)CC1.Cl.Cl. The molecule has 2 aromatic rings. The molecule has 27 heavy (non-hydrogen) atoms. The van der Waals surface area contributed by atoms with Crippen molar-refractivity contribution in [3.63, 3.8) is 0 Å². The van der Waals surface area contributed by atoms with Gasteiger partial charge in [0.2, 0.25) is 0 Å². The lowest BCUT2D eigenvalue weighted by atomic mass is 9.96. The highest BCUT2D eigenvalue weighted by molar-refractivity contribution is 5.94. The number of carbonyl (C=O) groups is 1. The van der Waals surface area contributed by atoms with Crippen molar-refractivity contribution in [1.82, 2.24) is 15.2 Å². The molecule has 0 spiro atoms. The predicted molar refractivity (Wildman–Crippen MR) is 112 cm³/mol. The molecule has 0 saturated carbocycles. The van der Waals surface area contributed by atoms with E-state index in [0.717, 1.165) is 39.0 Å². The van der Waals surface area contributed by atoms with Crippen molar-refractivity contribution < 1.29 is 9.53 Å². The highest BCUT2D eigenvalue weighted by Crippen LogP contribution is 2.23. The molecular formula is C20H27Cl2N3O2. The zero-order valence-electron chi connectivity index (χ0n) is 15.5. The fourth-order valence-electron chi connectivity index (χ4n) is 3.11. The number of aromatic nitrogens is 1. The zero-order valence-corrected chi connectivity index (χ0v) is 17.1. The van der Waals surface area contributed by atoms with Gasteiger partial charge >= 0.3 is 0 Å². The van der Waals surface area contributed by atoms with Crippen LogP contribution in [0.25, 0.3) is 0 Å². The predicted octanol–water partition coefficient (Wildman–Crippen LogP) is 4.18. The molecule has 1 fully saturated rings. The minimum atomic E-state index is 0. The van der Waals surface area contributed by atoms with E-state index in [1.807, 2.05) is 29.2 Å². The molecule has 7 heteroatoms. The van der Waals surface area contributed by atoms with Crippen molar-refractivity contribution in [2.24, 2.45) is 5.92 Å². The number of piperidine rings is 1. The van der Waals surface area contributed by atoms with Crippen LogP contribution in [0.1, 0.15) is 30.1 Å². The Kier molecular flexibility index (Phi) is 10.1. The lowest BCUT2D eigenvalue weighted by molar-refractivity contribution is 0.0690. The average Bonchev–Trinajstić information content (AvgIpc) is 2.67. The summed E-state index contributed by atoms with van der Waals surface area (Å²) in [5, 5.41) is 3.40. The number of benzene rings is 1. The van der Waals surface area contributed by atoms with Gasteiger partial charge in [-0.25, -0.2) is 0 Å². The number of rotatable bonds is 6. The second kappa shape index (κ2) is 11.8. The number of amides is 1. The number of hydrogen-bond acceptors (Lipinski definition) is 4. The summed E-state index contributed by atoms with van der Waals surface area (Å²) in [6.45, 7) is 5.82. The number of nitrogens with one attached hydrogen (secondary N) is 1. The van der Waals surface area contributed by atoms with Crippen molar-refractivity contribution in [2.75, 3.05) is 26.2 Å². The fourth-order valence-corrected chi connectivity index (χ4v) is 3.11. The number of hydrogen-bond donors (Lipinski definition) is 1. The summed E-state index contributed by atoms with van der Waals surface area (Å²) in [6, 6.07) is 11.0. The van der Waals surface area contributed by atoms with Gasteiger partial charge < -0.3 is 15.0 Å². The Labute approximate surface area is 173 Å². The van der Waals surface area contributed by atoms with Crippen molar-refractivity contribution in [1.29, 1.82) is 0 Å². The van der Waals surface area contributed by atoms with Crippen molar-refractivity contribution in [2.45, 2.75) is 19.8 Å². The molecule has 1 aliphatic heterocycles. The van der Waals surface area contributed by atoms with Crippen molar-refractivity contribution in [3.05, 3.63) is 54.4 Å². The molecule has 0 aliphatic carbocycles. The van der Waals surface area contributed by atoms with E-state index in [4.69, 9.17) is 4.74 Å². The molecule has 2 heterocycles. The van der Waals surface area contributed by atoms with Gasteiger partial charge in [0.15, 0.2) is 0 Å². The Morgan fingerprint density at radius 2 is 1.85 bits per heavy atom. The standard InChI is InChI=1S/C20H25N3O2.2ClH/c1-2-21-15-16-8-12-23(13-9-16)20(24)17-4-3-5-19(14-17)25-18-6-10-22-11-7-18;;/h3-7,10-11,14,16,21H,2,8-9,12-13,15H2,1H3;2*1H.